The van der Waals surface area contributed by atoms with E-state index < -0.39 is 6.10 Å². The molecule has 3 aromatic rings. The smallest absolute Gasteiger partial charge is 0.265 e. The summed E-state index contributed by atoms with van der Waals surface area (Å²) < 4.78 is 7.60. The average Bonchev–Trinajstić information content (AvgIpc) is 3.18. The Morgan fingerprint density at radius 2 is 2.00 bits per heavy atom. The van der Waals surface area contributed by atoms with E-state index in [-0.39, 0.29) is 5.91 Å². The quantitative estimate of drug-likeness (QED) is 0.758. The van der Waals surface area contributed by atoms with Crippen LogP contribution in [0.2, 0.25) is 5.02 Å². The molecule has 0 fully saturated rings. The summed E-state index contributed by atoms with van der Waals surface area (Å²) in [6, 6.07) is 15.2. The molecule has 4 rings (SSSR count). The number of benzene rings is 2. The molecule has 1 aromatic heterocycles. The molecule has 0 spiro atoms. The number of halogens is 1. The molecule has 1 amide bonds. The van der Waals surface area contributed by atoms with Gasteiger partial charge in [-0.25, -0.2) is 4.68 Å². The Bertz CT molecular complexity index is 982. The second-order valence-electron chi connectivity index (χ2n) is 6.35. The molecule has 132 valence electrons. The number of rotatable bonds is 3. The number of nitrogens with zero attached hydrogens (tertiary/aromatic N) is 2. The van der Waals surface area contributed by atoms with Crippen molar-refractivity contribution in [3.63, 3.8) is 0 Å². The Morgan fingerprint density at radius 1 is 1.23 bits per heavy atom. The van der Waals surface area contributed by atoms with Crippen LogP contribution in [-0.2, 0) is 11.2 Å². The molecule has 1 aliphatic rings. The Labute approximate surface area is 156 Å². The number of carbonyl (C=O) groups is 1. The first kappa shape index (κ1) is 16.7. The van der Waals surface area contributed by atoms with Crippen LogP contribution in [0, 0.1) is 13.8 Å². The number of nitrogens with one attached hydrogen (secondary N) is 1. The summed E-state index contributed by atoms with van der Waals surface area (Å²) in [6.07, 6.45) is -0.0607. The number of hydrogen-bond acceptors (Lipinski definition) is 3. The van der Waals surface area contributed by atoms with Crippen LogP contribution >= 0.6 is 11.6 Å². The van der Waals surface area contributed by atoms with E-state index in [2.05, 4.69) is 10.4 Å². The first-order valence-corrected chi connectivity index (χ1v) is 8.78. The number of anilines is 1. The van der Waals surface area contributed by atoms with Gasteiger partial charge in [-0.15, -0.1) is 0 Å². The van der Waals surface area contributed by atoms with Crippen molar-refractivity contribution in [3.8, 4) is 11.4 Å². The van der Waals surface area contributed by atoms with Gasteiger partial charge in [0.1, 0.15) is 5.75 Å². The zero-order valence-electron chi connectivity index (χ0n) is 14.5. The van der Waals surface area contributed by atoms with Crippen LogP contribution in [0.25, 0.3) is 5.69 Å². The summed E-state index contributed by atoms with van der Waals surface area (Å²) >= 11 is 6.02. The summed E-state index contributed by atoms with van der Waals surface area (Å²) in [5, 5.41) is 8.18. The van der Waals surface area contributed by atoms with Crippen molar-refractivity contribution in [2.24, 2.45) is 0 Å². The lowest BCUT2D eigenvalue weighted by atomic mass is 10.1. The van der Waals surface area contributed by atoms with E-state index in [0.717, 1.165) is 28.3 Å². The summed E-state index contributed by atoms with van der Waals surface area (Å²) in [6.45, 7) is 3.82. The van der Waals surface area contributed by atoms with Gasteiger partial charge in [-0.1, -0.05) is 29.8 Å². The highest BCUT2D eigenvalue weighted by atomic mass is 35.5. The molecule has 0 aliphatic carbocycles. The topological polar surface area (TPSA) is 56.2 Å². The molecule has 26 heavy (non-hydrogen) atoms. The van der Waals surface area contributed by atoms with Crippen LogP contribution in [0.4, 0.5) is 5.69 Å². The molecule has 0 bridgehead atoms. The van der Waals surface area contributed by atoms with Crippen LogP contribution in [0.1, 0.15) is 17.0 Å². The predicted molar refractivity (Wildman–Crippen MR) is 101 cm³/mol. The fraction of sp³-hybridized carbons (Fsp3) is 0.200. The van der Waals surface area contributed by atoms with Gasteiger partial charge in [0.2, 0.25) is 0 Å². The maximum Gasteiger partial charge on any atom is 0.265 e. The molecule has 5 nitrogen and oxygen atoms in total. The highest BCUT2D eigenvalue weighted by molar-refractivity contribution is 6.30. The molecule has 2 heterocycles. The van der Waals surface area contributed by atoms with Crippen molar-refractivity contribution in [3.05, 3.63) is 70.5 Å². The Balaban J connectivity index is 1.55. The third kappa shape index (κ3) is 2.95. The number of hydrogen-bond donors (Lipinski definition) is 1. The molecular weight excluding hydrogens is 350 g/mol. The molecule has 0 saturated carbocycles. The van der Waals surface area contributed by atoms with E-state index in [1.54, 1.807) is 12.1 Å². The Hall–Kier alpha value is -2.79. The van der Waals surface area contributed by atoms with Crippen LogP contribution in [0.5, 0.6) is 5.75 Å². The Kier molecular flexibility index (Phi) is 4.17. The maximum absolute atomic E-state index is 12.7. The number of ether oxygens (including phenoxy) is 1. The van der Waals surface area contributed by atoms with Crippen LogP contribution in [0.15, 0.2) is 48.5 Å². The zero-order chi connectivity index (χ0) is 18.3. The van der Waals surface area contributed by atoms with Crippen molar-refractivity contribution in [1.82, 2.24) is 9.78 Å². The number of aromatic nitrogens is 2. The third-order valence-electron chi connectivity index (χ3n) is 4.53. The lowest BCUT2D eigenvalue weighted by Gasteiger charge is -2.12. The largest absolute Gasteiger partial charge is 0.480 e. The first-order chi connectivity index (χ1) is 12.5. The molecule has 0 saturated heterocycles. The Morgan fingerprint density at radius 3 is 2.77 bits per heavy atom. The summed E-state index contributed by atoms with van der Waals surface area (Å²) in [5.41, 5.74) is 4.26. The second kappa shape index (κ2) is 6.50. The van der Waals surface area contributed by atoms with Crippen molar-refractivity contribution in [2.45, 2.75) is 26.4 Å². The summed E-state index contributed by atoms with van der Waals surface area (Å²) in [7, 11) is 0. The van der Waals surface area contributed by atoms with E-state index in [0.29, 0.717) is 17.2 Å². The maximum atomic E-state index is 12.7. The fourth-order valence-corrected chi connectivity index (χ4v) is 3.41. The average molecular weight is 368 g/mol. The van der Waals surface area contributed by atoms with Crippen molar-refractivity contribution in [1.29, 1.82) is 0 Å². The van der Waals surface area contributed by atoms with Gasteiger partial charge in [0.05, 0.1) is 22.8 Å². The van der Waals surface area contributed by atoms with Gasteiger partial charge >= 0.3 is 0 Å². The number of carbonyl (C=O) groups excluding carboxylic acids is 1. The monoisotopic (exact) mass is 367 g/mol. The molecule has 1 aliphatic heterocycles. The lowest BCUT2D eigenvalue weighted by molar-refractivity contribution is -0.122. The minimum Gasteiger partial charge on any atom is -0.480 e. The van der Waals surface area contributed by atoms with E-state index in [4.69, 9.17) is 16.3 Å². The van der Waals surface area contributed by atoms with Crippen LogP contribution in [-0.4, -0.2) is 21.8 Å². The second-order valence-corrected chi connectivity index (χ2v) is 6.78. The lowest BCUT2D eigenvalue weighted by Crippen LogP contribution is -2.31. The minimum atomic E-state index is -0.567. The van der Waals surface area contributed by atoms with Crippen LogP contribution < -0.4 is 10.1 Å². The summed E-state index contributed by atoms with van der Waals surface area (Å²) in [5.74, 6) is 0.527. The standard InChI is InChI=1S/C20H18ClN3O2/c1-12-19(13(2)24(23-12)16-6-4-3-5-7-16)22-20(25)18-11-14-10-15(21)8-9-17(14)26-18/h3-10,18H,11H2,1-2H3,(H,22,25)/t18-/m1/s1. The zero-order valence-corrected chi connectivity index (χ0v) is 15.2. The number of aryl methyl sites for hydroxylation is 1. The van der Waals surface area contributed by atoms with Crippen molar-refractivity contribution < 1.29 is 9.53 Å². The van der Waals surface area contributed by atoms with Gasteiger partial charge in [0.25, 0.3) is 5.91 Å². The van der Waals surface area contributed by atoms with E-state index in [9.17, 15) is 4.79 Å². The number of fused-ring (bicyclic) bond motifs is 1. The number of amides is 1. The van der Waals surface area contributed by atoms with Gasteiger partial charge in [0.15, 0.2) is 6.10 Å². The SMILES string of the molecule is Cc1nn(-c2ccccc2)c(C)c1NC(=O)[C@H]1Cc2cc(Cl)ccc2O1. The first-order valence-electron chi connectivity index (χ1n) is 8.40. The normalized spacial score (nSPS) is 15.4. The number of para-hydroxylation sites is 1. The van der Waals surface area contributed by atoms with Gasteiger partial charge in [-0.3, -0.25) is 4.79 Å². The molecule has 0 radical (unpaired) electrons. The molecule has 2 aromatic carbocycles. The van der Waals surface area contributed by atoms with Gasteiger partial charge in [-0.2, -0.15) is 5.10 Å². The summed E-state index contributed by atoms with van der Waals surface area (Å²) in [4.78, 5) is 12.7. The molecular formula is C20H18ClN3O2. The highest BCUT2D eigenvalue weighted by Gasteiger charge is 2.30. The van der Waals surface area contributed by atoms with Crippen molar-refractivity contribution in [2.75, 3.05) is 5.32 Å². The third-order valence-corrected chi connectivity index (χ3v) is 4.76. The van der Waals surface area contributed by atoms with Gasteiger partial charge in [0, 0.05) is 11.4 Å². The van der Waals surface area contributed by atoms with Gasteiger partial charge in [-0.05, 0) is 49.7 Å². The molecule has 1 N–H and O–H groups in total. The van der Waals surface area contributed by atoms with E-state index in [1.165, 1.54) is 0 Å². The predicted octanol–water partition coefficient (Wildman–Crippen LogP) is 4.08. The van der Waals surface area contributed by atoms with Crippen molar-refractivity contribution >= 4 is 23.2 Å². The highest BCUT2D eigenvalue weighted by Crippen LogP contribution is 2.32. The minimum absolute atomic E-state index is 0.184. The van der Waals surface area contributed by atoms with E-state index in [1.807, 2.05) is 54.9 Å². The molecule has 1 atom stereocenters. The molecule has 0 unspecified atom stereocenters. The fourth-order valence-electron chi connectivity index (χ4n) is 3.21. The molecule has 6 heteroatoms. The van der Waals surface area contributed by atoms with Gasteiger partial charge < -0.3 is 10.1 Å². The van der Waals surface area contributed by atoms with Crippen LogP contribution in [0.3, 0.4) is 0 Å². The van der Waals surface area contributed by atoms with E-state index >= 15 is 0 Å².